The van der Waals surface area contributed by atoms with Crippen LogP contribution >= 0.6 is 0 Å². The lowest BCUT2D eigenvalue weighted by molar-refractivity contribution is 0.102. The maximum Gasteiger partial charge on any atom is 0.256 e. The lowest BCUT2D eigenvalue weighted by Gasteiger charge is -2.32. The number of amides is 1. The Labute approximate surface area is 172 Å². The highest BCUT2D eigenvalue weighted by Crippen LogP contribution is 2.26. The van der Waals surface area contributed by atoms with E-state index in [1.54, 1.807) is 0 Å². The zero-order chi connectivity index (χ0) is 20.1. The zero-order valence-electron chi connectivity index (χ0n) is 17.1. The molecule has 29 heavy (non-hydrogen) atoms. The van der Waals surface area contributed by atoms with E-state index in [2.05, 4.69) is 27.5 Å². The van der Waals surface area contributed by atoms with Gasteiger partial charge < -0.3 is 20.3 Å². The molecule has 154 valence electrons. The third kappa shape index (κ3) is 5.08. The summed E-state index contributed by atoms with van der Waals surface area (Å²) in [5.41, 5.74) is 3.72. The van der Waals surface area contributed by atoms with E-state index < -0.39 is 0 Å². The summed E-state index contributed by atoms with van der Waals surface area (Å²) in [7, 11) is 2.16. The van der Waals surface area contributed by atoms with Gasteiger partial charge in [-0.15, -0.1) is 0 Å². The van der Waals surface area contributed by atoms with Gasteiger partial charge in [0.05, 0.1) is 0 Å². The summed E-state index contributed by atoms with van der Waals surface area (Å²) >= 11 is 0. The number of hydrogen-bond acceptors (Lipinski definition) is 5. The molecule has 1 fully saturated rings. The van der Waals surface area contributed by atoms with Crippen molar-refractivity contribution in [2.45, 2.75) is 12.8 Å². The molecule has 1 saturated heterocycles. The van der Waals surface area contributed by atoms with E-state index in [-0.39, 0.29) is 5.91 Å². The lowest BCUT2D eigenvalue weighted by atomic mass is 9.97. The van der Waals surface area contributed by atoms with Gasteiger partial charge >= 0.3 is 0 Å². The zero-order valence-corrected chi connectivity index (χ0v) is 17.1. The minimum atomic E-state index is -0.0608. The molecule has 0 bridgehead atoms. The Hall–Kier alpha value is -2.57. The molecular formula is C23H30N4O2. The standard InChI is InChI=1S/C23H30N4O2/c1-26-12-14-27(15-13-26)16-17-29-19-9-7-18(8-10-19)25-23(28)21-4-2-6-22-20(21)5-3-11-24-22/h2,4,6-10,24H,3,5,11-17H2,1H3,(H,25,28). The Morgan fingerprint density at radius 3 is 2.69 bits per heavy atom. The molecule has 0 spiro atoms. The molecule has 0 aliphatic carbocycles. The number of piperazine rings is 1. The molecular weight excluding hydrogens is 364 g/mol. The maximum atomic E-state index is 12.8. The Morgan fingerprint density at radius 1 is 1.10 bits per heavy atom. The molecule has 1 amide bonds. The van der Waals surface area contributed by atoms with Crippen molar-refractivity contribution in [1.29, 1.82) is 0 Å². The van der Waals surface area contributed by atoms with Crippen molar-refractivity contribution in [2.75, 3.05) is 63.6 Å². The molecule has 6 heteroatoms. The molecule has 0 unspecified atom stereocenters. The molecule has 0 radical (unpaired) electrons. The fourth-order valence-electron chi connectivity index (χ4n) is 3.92. The van der Waals surface area contributed by atoms with Gasteiger partial charge in [-0.2, -0.15) is 0 Å². The number of nitrogens with one attached hydrogen (secondary N) is 2. The van der Waals surface area contributed by atoms with Crippen molar-refractivity contribution in [3.8, 4) is 5.75 Å². The highest BCUT2D eigenvalue weighted by Gasteiger charge is 2.17. The second kappa shape index (κ2) is 9.29. The average Bonchev–Trinajstić information content (AvgIpc) is 2.76. The third-order valence-corrected chi connectivity index (χ3v) is 5.72. The Balaban J connectivity index is 1.29. The summed E-state index contributed by atoms with van der Waals surface area (Å²) in [5, 5.41) is 6.38. The predicted molar refractivity (Wildman–Crippen MR) is 117 cm³/mol. The van der Waals surface area contributed by atoms with Crippen LogP contribution in [0, 0.1) is 0 Å². The van der Waals surface area contributed by atoms with E-state index in [1.807, 2.05) is 42.5 Å². The van der Waals surface area contributed by atoms with Crippen molar-refractivity contribution in [3.05, 3.63) is 53.6 Å². The second-order valence-electron chi connectivity index (χ2n) is 7.83. The number of hydrogen-bond donors (Lipinski definition) is 2. The Kier molecular flexibility index (Phi) is 6.32. The van der Waals surface area contributed by atoms with Crippen LogP contribution in [0.25, 0.3) is 0 Å². The first-order chi connectivity index (χ1) is 14.2. The summed E-state index contributed by atoms with van der Waals surface area (Å²) in [5.74, 6) is 0.771. The number of carbonyl (C=O) groups excluding carboxylic acids is 1. The highest BCUT2D eigenvalue weighted by molar-refractivity contribution is 6.06. The molecule has 0 saturated carbocycles. The normalized spacial score (nSPS) is 17.3. The summed E-state index contributed by atoms with van der Waals surface area (Å²) in [4.78, 5) is 17.5. The van der Waals surface area contributed by atoms with Crippen LogP contribution in [-0.2, 0) is 6.42 Å². The number of carbonyl (C=O) groups is 1. The average molecular weight is 395 g/mol. The number of fused-ring (bicyclic) bond motifs is 1. The highest BCUT2D eigenvalue weighted by atomic mass is 16.5. The van der Waals surface area contributed by atoms with Gasteiger partial charge in [-0.3, -0.25) is 9.69 Å². The molecule has 2 aliphatic rings. The molecule has 2 heterocycles. The molecule has 2 aromatic carbocycles. The van der Waals surface area contributed by atoms with Crippen molar-refractivity contribution >= 4 is 17.3 Å². The first-order valence-electron chi connectivity index (χ1n) is 10.5. The number of benzene rings is 2. The van der Waals surface area contributed by atoms with Crippen molar-refractivity contribution in [3.63, 3.8) is 0 Å². The van der Waals surface area contributed by atoms with E-state index in [1.165, 1.54) is 0 Å². The van der Waals surface area contributed by atoms with Crippen molar-refractivity contribution in [1.82, 2.24) is 9.80 Å². The topological polar surface area (TPSA) is 56.8 Å². The fraction of sp³-hybridized carbons (Fsp3) is 0.435. The van der Waals surface area contributed by atoms with Crippen molar-refractivity contribution < 1.29 is 9.53 Å². The van der Waals surface area contributed by atoms with Crippen LogP contribution in [0.3, 0.4) is 0 Å². The number of likely N-dealkylation sites (N-methyl/N-ethyl adjacent to an activating group) is 1. The van der Waals surface area contributed by atoms with Gasteiger partial charge in [0.15, 0.2) is 0 Å². The van der Waals surface area contributed by atoms with Gasteiger partial charge in [0.1, 0.15) is 12.4 Å². The van der Waals surface area contributed by atoms with Crippen LogP contribution in [0.4, 0.5) is 11.4 Å². The van der Waals surface area contributed by atoms with E-state index in [0.717, 1.165) is 80.4 Å². The molecule has 6 nitrogen and oxygen atoms in total. The summed E-state index contributed by atoms with van der Waals surface area (Å²) in [6, 6.07) is 13.5. The Morgan fingerprint density at radius 2 is 1.90 bits per heavy atom. The second-order valence-corrected chi connectivity index (χ2v) is 7.83. The first-order valence-corrected chi connectivity index (χ1v) is 10.5. The minimum Gasteiger partial charge on any atom is -0.492 e. The maximum absolute atomic E-state index is 12.8. The SMILES string of the molecule is CN1CCN(CCOc2ccc(NC(=O)c3cccc4c3CCCN4)cc2)CC1. The van der Waals surface area contributed by atoms with Crippen LogP contribution < -0.4 is 15.4 Å². The Bertz CT molecular complexity index is 829. The summed E-state index contributed by atoms with van der Waals surface area (Å²) in [6.45, 7) is 7.03. The van der Waals surface area contributed by atoms with Crippen LogP contribution in [0.1, 0.15) is 22.3 Å². The predicted octanol–water partition coefficient (Wildman–Crippen LogP) is 2.92. The molecule has 0 aromatic heterocycles. The quantitative estimate of drug-likeness (QED) is 0.789. The van der Waals surface area contributed by atoms with E-state index >= 15 is 0 Å². The molecule has 0 atom stereocenters. The third-order valence-electron chi connectivity index (χ3n) is 5.72. The number of ether oxygens (including phenoxy) is 1. The summed E-state index contributed by atoms with van der Waals surface area (Å²) < 4.78 is 5.88. The van der Waals surface area contributed by atoms with Gasteiger partial charge in [-0.05, 0) is 61.9 Å². The van der Waals surface area contributed by atoms with Crippen molar-refractivity contribution in [2.24, 2.45) is 0 Å². The monoisotopic (exact) mass is 394 g/mol. The molecule has 4 rings (SSSR count). The first kappa shape index (κ1) is 19.7. The van der Waals surface area contributed by atoms with E-state index in [0.29, 0.717) is 6.61 Å². The molecule has 2 N–H and O–H groups in total. The summed E-state index contributed by atoms with van der Waals surface area (Å²) in [6.07, 6.45) is 1.99. The molecule has 2 aliphatic heterocycles. The van der Waals surface area contributed by atoms with Crippen LogP contribution in [-0.4, -0.2) is 68.6 Å². The van der Waals surface area contributed by atoms with Gasteiger partial charge in [-0.1, -0.05) is 6.07 Å². The fourth-order valence-corrected chi connectivity index (χ4v) is 3.92. The van der Waals surface area contributed by atoms with Gasteiger partial charge in [0.25, 0.3) is 5.91 Å². The van der Waals surface area contributed by atoms with Crippen LogP contribution in [0.15, 0.2) is 42.5 Å². The van der Waals surface area contributed by atoms with Gasteiger partial charge in [-0.25, -0.2) is 0 Å². The minimum absolute atomic E-state index is 0.0608. The molecule has 2 aromatic rings. The van der Waals surface area contributed by atoms with Crippen LogP contribution in [0.5, 0.6) is 5.75 Å². The number of anilines is 2. The van der Waals surface area contributed by atoms with Gasteiger partial charge in [0, 0.05) is 56.2 Å². The van der Waals surface area contributed by atoms with Gasteiger partial charge in [0.2, 0.25) is 0 Å². The van der Waals surface area contributed by atoms with E-state index in [9.17, 15) is 4.79 Å². The van der Waals surface area contributed by atoms with Crippen LogP contribution in [0.2, 0.25) is 0 Å². The smallest absolute Gasteiger partial charge is 0.256 e. The number of rotatable bonds is 6. The largest absolute Gasteiger partial charge is 0.492 e. The van der Waals surface area contributed by atoms with E-state index in [4.69, 9.17) is 4.74 Å². The lowest BCUT2D eigenvalue weighted by Crippen LogP contribution is -2.45. The number of nitrogens with zero attached hydrogens (tertiary/aromatic N) is 2.